The third-order valence-corrected chi connectivity index (χ3v) is 2.26. The molecule has 0 heterocycles. The Morgan fingerprint density at radius 3 is 2.32 bits per heavy atom. The van der Waals surface area contributed by atoms with Crippen LogP contribution in [0, 0.1) is 0 Å². The van der Waals surface area contributed by atoms with Crippen molar-refractivity contribution in [3.8, 4) is 0 Å². The fourth-order valence-electron chi connectivity index (χ4n) is 0.955. The molecule has 0 atom stereocenters. The van der Waals surface area contributed by atoms with Crippen molar-refractivity contribution in [1.82, 2.24) is 11.1 Å². The minimum absolute atomic E-state index is 0. The first kappa shape index (κ1) is 20.0. The van der Waals surface area contributed by atoms with Crippen LogP contribution in [-0.2, 0) is 15.4 Å². The topological polar surface area (TPSA) is 64.5 Å². The Morgan fingerprint density at radius 2 is 1.95 bits per heavy atom. The molecule has 0 aromatic heterocycles. The van der Waals surface area contributed by atoms with E-state index in [0.29, 0.717) is 12.5 Å². The van der Waals surface area contributed by atoms with Crippen molar-refractivity contribution in [3.05, 3.63) is 48.6 Å². The Balaban J connectivity index is 0. The zero-order valence-electron chi connectivity index (χ0n) is 11.6. The fraction of sp³-hybridized carbons (Fsp3) is 0.357. The molecule has 0 fully saturated rings. The van der Waals surface area contributed by atoms with E-state index in [9.17, 15) is 4.79 Å². The molecule has 0 amide bonds. The van der Waals surface area contributed by atoms with Crippen LogP contribution in [0.15, 0.2) is 43.0 Å². The van der Waals surface area contributed by atoms with Crippen molar-refractivity contribution >= 4 is 17.6 Å². The number of hydrogen-bond acceptors (Lipinski definition) is 4. The molecule has 0 saturated heterocycles. The van der Waals surface area contributed by atoms with Crippen LogP contribution in [-0.4, -0.2) is 38.1 Å². The molecule has 1 rings (SSSR count). The summed E-state index contributed by atoms with van der Waals surface area (Å²) in [4.78, 5) is 12.4. The van der Waals surface area contributed by atoms with Gasteiger partial charge in [0.2, 0.25) is 0 Å². The second kappa shape index (κ2) is 13.1. The maximum absolute atomic E-state index is 10.4. The molecule has 0 aliphatic rings. The highest BCUT2D eigenvalue weighted by molar-refractivity contribution is 6.17. The van der Waals surface area contributed by atoms with Crippen LogP contribution in [0.4, 0.5) is 0 Å². The van der Waals surface area contributed by atoms with E-state index in [1.807, 2.05) is 49.3 Å². The molecule has 0 aliphatic heterocycles. The standard InChI is InChI=1S/C7H7Cl.C7H13NO2.H3N/c8-6-7-4-2-1-3-5-7;1-4-7(9)10-6-5-8(2)3;/h1-5H,6H2;4H,1,5-6H2,2-3H3;1H3. The van der Waals surface area contributed by atoms with Gasteiger partial charge in [-0.05, 0) is 19.7 Å². The number of likely N-dealkylation sites (N-methyl/N-ethyl adjacent to an activating group) is 1. The monoisotopic (exact) mass is 286 g/mol. The van der Waals surface area contributed by atoms with Crippen LogP contribution < -0.4 is 6.15 Å². The van der Waals surface area contributed by atoms with Crippen LogP contribution in [0.2, 0.25) is 0 Å². The molecule has 0 saturated carbocycles. The largest absolute Gasteiger partial charge is 0.461 e. The number of benzene rings is 1. The number of alkyl halides is 1. The van der Waals surface area contributed by atoms with Crippen molar-refractivity contribution in [3.63, 3.8) is 0 Å². The molecule has 0 bridgehead atoms. The number of halogens is 1. The van der Waals surface area contributed by atoms with Gasteiger partial charge >= 0.3 is 5.97 Å². The molecular weight excluding hydrogens is 264 g/mol. The van der Waals surface area contributed by atoms with Crippen LogP contribution in [0.25, 0.3) is 0 Å². The number of ether oxygens (including phenoxy) is 1. The lowest BCUT2D eigenvalue weighted by Gasteiger charge is -2.07. The first-order chi connectivity index (χ1) is 8.60. The third kappa shape index (κ3) is 12.9. The molecule has 4 nitrogen and oxygen atoms in total. The Bertz CT molecular complexity index is 343. The average Bonchev–Trinajstić information content (AvgIpc) is 2.39. The summed E-state index contributed by atoms with van der Waals surface area (Å²) in [7, 11) is 3.84. The van der Waals surface area contributed by atoms with E-state index >= 15 is 0 Å². The van der Waals surface area contributed by atoms with Gasteiger partial charge in [0.1, 0.15) is 6.61 Å². The first-order valence-electron chi connectivity index (χ1n) is 5.64. The predicted octanol–water partition coefficient (Wildman–Crippen LogP) is 2.86. The summed E-state index contributed by atoms with van der Waals surface area (Å²) in [5.41, 5.74) is 1.18. The minimum Gasteiger partial charge on any atom is -0.461 e. The average molecular weight is 287 g/mol. The van der Waals surface area contributed by atoms with Crippen LogP contribution in [0.5, 0.6) is 0 Å². The number of carbonyl (C=O) groups is 1. The normalized spacial score (nSPS) is 8.84. The molecule has 0 spiro atoms. The highest BCUT2D eigenvalue weighted by Crippen LogP contribution is 2.00. The van der Waals surface area contributed by atoms with E-state index in [1.54, 1.807) is 0 Å². The molecule has 108 valence electrons. The van der Waals surface area contributed by atoms with Gasteiger partial charge in [0, 0.05) is 18.5 Å². The van der Waals surface area contributed by atoms with E-state index in [-0.39, 0.29) is 12.1 Å². The Labute approximate surface area is 120 Å². The summed E-state index contributed by atoms with van der Waals surface area (Å²) >= 11 is 5.53. The highest BCUT2D eigenvalue weighted by atomic mass is 35.5. The lowest BCUT2D eigenvalue weighted by Crippen LogP contribution is -2.19. The molecule has 0 aliphatic carbocycles. The number of rotatable bonds is 5. The zero-order chi connectivity index (χ0) is 13.8. The summed E-state index contributed by atoms with van der Waals surface area (Å²) in [5, 5.41) is 0. The maximum atomic E-state index is 10.4. The SMILES string of the molecule is C=CC(=O)OCCN(C)C.ClCc1ccccc1.N. The number of nitrogens with zero attached hydrogens (tertiary/aromatic N) is 1. The van der Waals surface area contributed by atoms with Gasteiger partial charge in [-0.3, -0.25) is 0 Å². The molecule has 3 N–H and O–H groups in total. The Kier molecular flexibility index (Phi) is 13.7. The van der Waals surface area contributed by atoms with Crippen molar-refractivity contribution in [2.75, 3.05) is 27.2 Å². The van der Waals surface area contributed by atoms with E-state index < -0.39 is 0 Å². The van der Waals surface area contributed by atoms with Crippen LogP contribution in [0.1, 0.15) is 5.56 Å². The molecule has 19 heavy (non-hydrogen) atoms. The summed E-state index contributed by atoms with van der Waals surface area (Å²) < 4.78 is 4.70. The van der Waals surface area contributed by atoms with Gasteiger partial charge in [-0.2, -0.15) is 0 Å². The second-order valence-electron chi connectivity index (χ2n) is 3.79. The zero-order valence-corrected chi connectivity index (χ0v) is 12.4. The van der Waals surface area contributed by atoms with Gasteiger partial charge < -0.3 is 15.8 Å². The maximum Gasteiger partial charge on any atom is 0.330 e. The molecule has 1 aromatic rings. The summed E-state index contributed by atoms with van der Waals surface area (Å²) in [6, 6.07) is 9.96. The summed E-state index contributed by atoms with van der Waals surface area (Å²) in [6.45, 7) is 4.45. The van der Waals surface area contributed by atoms with Gasteiger partial charge in [0.05, 0.1) is 0 Å². The van der Waals surface area contributed by atoms with Crippen molar-refractivity contribution < 1.29 is 9.53 Å². The van der Waals surface area contributed by atoms with E-state index in [4.69, 9.17) is 16.3 Å². The van der Waals surface area contributed by atoms with Gasteiger partial charge in [-0.25, -0.2) is 4.79 Å². The fourth-order valence-corrected chi connectivity index (χ4v) is 1.13. The minimum atomic E-state index is -0.359. The van der Waals surface area contributed by atoms with Gasteiger partial charge in [0.25, 0.3) is 0 Å². The third-order valence-electron chi connectivity index (χ3n) is 1.95. The van der Waals surface area contributed by atoms with Gasteiger partial charge in [-0.15, -0.1) is 11.6 Å². The van der Waals surface area contributed by atoms with E-state index in [2.05, 4.69) is 6.58 Å². The van der Waals surface area contributed by atoms with Crippen molar-refractivity contribution in [2.24, 2.45) is 0 Å². The summed E-state index contributed by atoms with van der Waals surface area (Å²) in [5.74, 6) is 0.253. The molecule has 0 unspecified atom stereocenters. The lowest BCUT2D eigenvalue weighted by atomic mass is 10.2. The number of esters is 1. The molecule has 5 heteroatoms. The molecule has 0 radical (unpaired) electrons. The number of carbonyl (C=O) groups excluding carboxylic acids is 1. The van der Waals surface area contributed by atoms with Crippen molar-refractivity contribution in [2.45, 2.75) is 5.88 Å². The quantitative estimate of drug-likeness (QED) is 0.513. The number of hydrogen-bond donors (Lipinski definition) is 1. The van der Waals surface area contributed by atoms with Gasteiger partial charge in [-0.1, -0.05) is 36.9 Å². The Hall–Kier alpha value is -1.36. The second-order valence-corrected chi connectivity index (χ2v) is 4.06. The van der Waals surface area contributed by atoms with Gasteiger partial charge in [0.15, 0.2) is 0 Å². The van der Waals surface area contributed by atoms with Crippen LogP contribution in [0.3, 0.4) is 0 Å². The van der Waals surface area contributed by atoms with E-state index in [0.717, 1.165) is 12.6 Å². The van der Waals surface area contributed by atoms with Crippen molar-refractivity contribution in [1.29, 1.82) is 0 Å². The molecule has 1 aromatic carbocycles. The first-order valence-corrected chi connectivity index (χ1v) is 6.17. The lowest BCUT2D eigenvalue weighted by molar-refractivity contribution is -0.137. The predicted molar refractivity (Wildman–Crippen MR) is 80.7 cm³/mol. The van der Waals surface area contributed by atoms with Crippen LogP contribution >= 0.6 is 11.6 Å². The molecular formula is C14H23ClN2O2. The smallest absolute Gasteiger partial charge is 0.330 e. The Morgan fingerprint density at radius 1 is 1.37 bits per heavy atom. The van der Waals surface area contributed by atoms with E-state index in [1.165, 1.54) is 5.56 Å². The summed E-state index contributed by atoms with van der Waals surface area (Å²) in [6.07, 6.45) is 1.16. The highest BCUT2D eigenvalue weighted by Gasteiger charge is 1.94.